The van der Waals surface area contributed by atoms with Crippen LogP contribution in [0.3, 0.4) is 0 Å². The van der Waals surface area contributed by atoms with Gasteiger partial charge in [0.1, 0.15) is 5.82 Å². The molecule has 0 atom stereocenters. The number of aromatic nitrogens is 2. The second-order valence-electron chi connectivity index (χ2n) is 7.38. The summed E-state index contributed by atoms with van der Waals surface area (Å²) in [5.74, 6) is 2.04. The molecule has 2 aromatic heterocycles. The molecule has 0 aliphatic heterocycles. The van der Waals surface area contributed by atoms with Crippen molar-refractivity contribution in [1.82, 2.24) is 9.55 Å². The quantitative estimate of drug-likeness (QED) is 0.568. The van der Waals surface area contributed by atoms with Crippen molar-refractivity contribution in [3.05, 3.63) is 63.9 Å². The Labute approximate surface area is 160 Å². The van der Waals surface area contributed by atoms with Crippen LogP contribution in [0.25, 0.3) is 11.1 Å². The fourth-order valence-electron chi connectivity index (χ4n) is 3.11. The molecule has 0 saturated carbocycles. The Morgan fingerprint density at radius 1 is 1.23 bits per heavy atom. The summed E-state index contributed by atoms with van der Waals surface area (Å²) in [6.07, 6.45) is 4.88. The number of benzene rings is 1. The van der Waals surface area contributed by atoms with Gasteiger partial charge < -0.3 is 4.57 Å². The van der Waals surface area contributed by atoms with Gasteiger partial charge in [-0.3, -0.25) is 0 Å². The molecule has 3 rings (SSSR count). The van der Waals surface area contributed by atoms with Crippen LogP contribution in [0.1, 0.15) is 55.4 Å². The Morgan fingerprint density at radius 3 is 2.73 bits per heavy atom. The van der Waals surface area contributed by atoms with Gasteiger partial charge in [0, 0.05) is 28.8 Å². The number of nitriles is 1. The van der Waals surface area contributed by atoms with E-state index in [0.29, 0.717) is 18.4 Å². The van der Waals surface area contributed by atoms with Gasteiger partial charge in [0.15, 0.2) is 0 Å². The first-order valence-electron chi connectivity index (χ1n) is 9.02. The number of nitrogens with zero attached hydrogens (tertiary/aromatic N) is 3. The minimum Gasteiger partial charge on any atom is -0.330 e. The van der Waals surface area contributed by atoms with Gasteiger partial charge in [-0.25, -0.2) is 4.98 Å². The van der Waals surface area contributed by atoms with Gasteiger partial charge >= 0.3 is 0 Å². The third kappa shape index (κ3) is 4.05. The third-order valence-corrected chi connectivity index (χ3v) is 5.22. The molecule has 26 heavy (non-hydrogen) atoms. The van der Waals surface area contributed by atoms with E-state index < -0.39 is 0 Å². The van der Waals surface area contributed by atoms with Crippen LogP contribution >= 0.6 is 11.3 Å². The Kier molecular flexibility index (Phi) is 5.58. The monoisotopic (exact) mass is 362 g/mol. The molecule has 3 nitrogen and oxygen atoms in total. The highest BCUT2D eigenvalue weighted by Crippen LogP contribution is 2.28. The highest BCUT2D eigenvalue weighted by molar-refractivity contribution is 7.09. The van der Waals surface area contributed by atoms with Gasteiger partial charge in [0.2, 0.25) is 0 Å². The Morgan fingerprint density at radius 2 is 2.04 bits per heavy atom. The molecule has 0 aliphatic rings. The second-order valence-corrected chi connectivity index (χ2v) is 8.31. The summed E-state index contributed by atoms with van der Waals surface area (Å²) in [7, 11) is 0. The van der Waals surface area contributed by atoms with E-state index in [2.05, 4.69) is 66.9 Å². The van der Waals surface area contributed by atoms with Crippen molar-refractivity contribution in [1.29, 1.82) is 5.26 Å². The standard InChI is InChI=1S/C22H24N3S/c1-15(2)9-21-11-20(14-26-21)17-5-6-18(19(10-17)12-23)13-25-8-7-24-22(25)16(3)4/h5-8,10-11,15-16H,9,13H2,1-4H3. The van der Waals surface area contributed by atoms with Crippen molar-refractivity contribution in [2.45, 2.75) is 46.6 Å². The van der Waals surface area contributed by atoms with E-state index in [1.54, 1.807) is 11.3 Å². The van der Waals surface area contributed by atoms with Crippen LogP contribution in [0.2, 0.25) is 0 Å². The van der Waals surface area contributed by atoms with Gasteiger partial charge in [-0.2, -0.15) is 5.26 Å². The fraction of sp³-hybridized carbons (Fsp3) is 0.364. The molecule has 0 amide bonds. The lowest BCUT2D eigenvalue weighted by molar-refractivity contribution is 0.654. The maximum absolute atomic E-state index is 9.64. The molecule has 0 fully saturated rings. The van der Waals surface area contributed by atoms with Crippen LogP contribution in [-0.4, -0.2) is 9.55 Å². The molecular weight excluding hydrogens is 338 g/mol. The van der Waals surface area contributed by atoms with Gasteiger partial charge in [0.25, 0.3) is 0 Å². The van der Waals surface area contributed by atoms with E-state index in [-0.39, 0.29) is 0 Å². The lowest BCUT2D eigenvalue weighted by Crippen LogP contribution is -2.07. The maximum atomic E-state index is 9.64. The van der Waals surface area contributed by atoms with Gasteiger partial charge in [-0.1, -0.05) is 39.8 Å². The predicted octanol–water partition coefficient (Wildman–Crippen LogP) is 5.65. The number of hydrogen-bond acceptors (Lipinski definition) is 3. The summed E-state index contributed by atoms with van der Waals surface area (Å²) in [5.41, 5.74) is 3.88. The summed E-state index contributed by atoms with van der Waals surface area (Å²) < 4.78 is 2.12. The van der Waals surface area contributed by atoms with Gasteiger partial charge in [-0.05, 0) is 35.6 Å². The summed E-state index contributed by atoms with van der Waals surface area (Å²) >= 11 is 1.68. The van der Waals surface area contributed by atoms with Gasteiger partial charge in [0.05, 0.1) is 23.6 Å². The molecular formula is C22H24N3S. The molecule has 0 N–H and O–H groups in total. The predicted molar refractivity (Wildman–Crippen MR) is 107 cm³/mol. The normalized spacial score (nSPS) is 11.3. The van der Waals surface area contributed by atoms with Crippen molar-refractivity contribution in [3.63, 3.8) is 0 Å². The molecule has 133 valence electrons. The fourth-order valence-corrected chi connectivity index (χ4v) is 4.12. The van der Waals surface area contributed by atoms with Crippen LogP contribution in [0.15, 0.2) is 36.7 Å². The minimum absolute atomic E-state index is 0.356. The summed E-state index contributed by atoms with van der Waals surface area (Å²) in [4.78, 5) is 5.78. The molecule has 0 unspecified atom stereocenters. The summed E-state index contributed by atoms with van der Waals surface area (Å²) in [6, 6.07) is 10.7. The van der Waals surface area contributed by atoms with Gasteiger partial charge in [-0.15, -0.1) is 11.3 Å². The van der Waals surface area contributed by atoms with Crippen LogP contribution in [-0.2, 0) is 13.0 Å². The molecule has 0 aliphatic carbocycles. The average Bonchev–Trinajstić information content (AvgIpc) is 3.24. The topological polar surface area (TPSA) is 41.6 Å². The highest BCUT2D eigenvalue weighted by atomic mass is 32.1. The molecule has 1 aromatic carbocycles. The zero-order valence-corrected chi connectivity index (χ0v) is 16.6. The molecule has 4 heteroatoms. The summed E-state index contributed by atoms with van der Waals surface area (Å²) in [5, 5.41) is 13.0. The van der Waals surface area contributed by atoms with Crippen molar-refractivity contribution >= 4 is 11.3 Å². The van der Waals surface area contributed by atoms with E-state index in [9.17, 15) is 5.26 Å². The first-order valence-corrected chi connectivity index (χ1v) is 9.84. The zero-order chi connectivity index (χ0) is 18.7. The van der Waals surface area contributed by atoms with Crippen molar-refractivity contribution in [3.8, 4) is 17.2 Å². The molecule has 0 bridgehead atoms. The maximum Gasteiger partial charge on any atom is 0.111 e. The first-order chi connectivity index (χ1) is 12.5. The first kappa shape index (κ1) is 18.4. The van der Waals surface area contributed by atoms with Crippen LogP contribution in [0.4, 0.5) is 0 Å². The summed E-state index contributed by atoms with van der Waals surface area (Å²) in [6.45, 7) is 9.39. The third-order valence-electron chi connectivity index (χ3n) is 4.35. The smallest absolute Gasteiger partial charge is 0.111 e. The van der Waals surface area contributed by atoms with Crippen LogP contribution in [0, 0.1) is 22.6 Å². The zero-order valence-electron chi connectivity index (χ0n) is 15.8. The Bertz CT molecular complexity index is 925. The molecule has 0 spiro atoms. The van der Waals surface area contributed by atoms with Crippen LogP contribution in [0.5, 0.6) is 0 Å². The van der Waals surface area contributed by atoms with E-state index in [4.69, 9.17) is 0 Å². The molecule has 0 saturated heterocycles. The largest absolute Gasteiger partial charge is 0.330 e. The van der Waals surface area contributed by atoms with Crippen molar-refractivity contribution in [2.75, 3.05) is 0 Å². The van der Waals surface area contributed by atoms with E-state index >= 15 is 0 Å². The average molecular weight is 363 g/mol. The molecule has 1 radical (unpaired) electrons. The Balaban J connectivity index is 1.87. The van der Waals surface area contributed by atoms with Crippen LogP contribution < -0.4 is 0 Å². The lowest BCUT2D eigenvalue weighted by Gasteiger charge is -2.12. The number of thiophene rings is 1. The SMILES string of the molecule is CC(C)Cc1cc(-c2ccc(Cn3ccnc3C(C)C)c(C#N)c2)[c]s1. The van der Waals surface area contributed by atoms with E-state index in [0.717, 1.165) is 34.5 Å². The van der Waals surface area contributed by atoms with E-state index in [1.165, 1.54) is 4.88 Å². The number of hydrogen-bond donors (Lipinski definition) is 0. The number of imidazole rings is 1. The lowest BCUT2D eigenvalue weighted by atomic mass is 10.0. The number of rotatable bonds is 6. The molecule has 2 heterocycles. The Hall–Kier alpha value is -2.38. The second kappa shape index (κ2) is 7.88. The van der Waals surface area contributed by atoms with Crippen molar-refractivity contribution < 1.29 is 0 Å². The highest BCUT2D eigenvalue weighted by Gasteiger charge is 2.12. The minimum atomic E-state index is 0.356. The van der Waals surface area contributed by atoms with Crippen molar-refractivity contribution in [2.24, 2.45) is 5.92 Å². The molecule has 3 aromatic rings. The van der Waals surface area contributed by atoms with E-state index in [1.807, 2.05) is 18.5 Å².